The van der Waals surface area contributed by atoms with Gasteiger partial charge in [0.2, 0.25) is 5.91 Å². The molecule has 26 heavy (non-hydrogen) atoms. The van der Waals surface area contributed by atoms with Crippen LogP contribution in [0.3, 0.4) is 0 Å². The van der Waals surface area contributed by atoms with Crippen LogP contribution in [0.15, 0.2) is 29.1 Å². The van der Waals surface area contributed by atoms with Crippen molar-refractivity contribution in [1.82, 2.24) is 14.8 Å². The smallest absolute Gasteiger partial charge is 0.253 e. The molecule has 2 aromatic rings. The molecule has 0 aliphatic carbocycles. The molecule has 7 heteroatoms. The van der Waals surface area contributed by atoms with Crippen LogP contribution in [0.5, 0.6) is 0 Å². The third-order valence-corrected chi connectivity index (χ3v) is 5.94. The van der Waals surface area contributed by atoms with Crippen molar-refractivity contribution in [2.45, 2.75) is 32.4 Å². The van der Waals surface area contributed by atoms with Gasteiger partial charge in [-0.1, -0.05) is 0 Å². The van der Waals surface area contributed by atoms with Crippen molar-refractivity contribution in [2.24, 2.45) is 5.92 Å². The first-order valence-electron chi connectivity index (χ1n) is 8.76. The fraction of sp³-hybridized carbons (Fsp3) is 0.421. The lowest BCUT2D eigenvalue weighted by Crippen LogP contribution is -2.47. The Labute approximate surface area is 155 Å². The summed E-state index contributed by atoms with van der Waals surface area (Å²) in [4.78, 5) is 33.7. The van der Waals surface area contributed by atoms with E-state index < -0.39 is 0 Å². The number of halogens is 1. The summed E-state index contributed by atoms with van der Waals surface area (Å²) in [7, 11) is 0. The topological polar surface area (TPSA) is 53.5 Å². The van der Waals surface area contributed by atoms with E-state index in [9.17, 15) is 14.0 Å². The van der Waals surface area contributed by atoms with Crippen LogP contribution in [0.1, 0.15) is 34.5 Å². The number of hydrogen-bond donors (Lipinski definition) is 0. The predicted octanol–water partition coefficient (Wildman–Crippen LogP) is 2.85. The van der Waals surface area contributed by atoms with E-state index in [-0.39, 0.29) is 29.6 Å². The number of carbonyl (C=O) groups excluding carboxylic acids is 2. The van der Waals surface area contributed by atoms with Gasteiger partial charge in [-0.2, -0.15) is 0 Å². The fourth-order valence-electron chi connectivity index (χ4n) is 3.86. The minimum Gasteiger partial charge on any atom is -0.336 e. The zero-order valence-electron chi connectivity index (χ0n) is 14.5. The number of nitrogens with zero attached hydrogens (tertiary/aromatic N) is 3. The third-order valence-electron chi connectivity index (χ3n) is 5.30. The van der Waals surface area contributed by atoms with Crippen LogP contribution in [-0.2, 0) is 11.3 Å². The number of rotatable bonds is 3. The van der Waals surface area contributed by atoms with Gasteiger partial charge in [-0.05, 0) is 43.5 Å². The number of benzene rings is 1. The number of carbonyl (C=O) groups is 2. The van der Waals surface area contributed by atoms with Gasteiger partial charge in [0.25, 0.3) is 5.91 Å². The minimum absolute atomic E-state index is 0.00782. The standard InChI is InChI=1S/C19H20FN3O2S/c1-12-6-13(3-5-17(12)20)18(24)22-7-14-2-4-16(9-22)23(19(14)25)8-15-10-26-11-21-15/h3,5-6,10-11,14,16H,2,4,7-9H2,1H3/t14-,16+/m1/s1. The number of piperidine rings is 1. The SMILES string of the molecule is Cc1cc(C(=O)N2C[C@H]3CC[C@@H](C2)N(Cc2cscn2)C3=O)ccc1F. The molecule has 0 N–H and O–H groups in total. The summed E-state index contributed by atoms with van der Waals surface area (Å²) in [6, 6.07) is 4.44. The maximum Gasteiger partial charge on any atom is 0.253 e. The van der Waals surface area contributed by atoms with Crippen molar-refractivity contribution in [2.75, 3.05) is 13.1 Å². The van der Waals surface area contributed by atoms with E-state index in [1.807, 2.05) is 10.3 Å². The molecule has 0 unspecified atom stereocenters. The number of fused-ring (bicyclic) bond motifs is 4. The molecule has 1 aromatic carbocycles. The summed E-state index contributed by atoms with van der Waals surface area (Å²) in [5.41, 5.74) is 3.59. The van der Waals surface area contributed by atoms with E-state index in [0.717, 1.165) is 18.5 Å². The number of aryl methyl sites for hydroxylation is 1. The Morgan fingerprint density at radius 1 is 1.35 bits per heavy atom. The van der Waals surface area contributed by atoms with Gasteiger partial charge < -0.3 is 9.80 Å². The lowest BCUT2D eigenvalue weighted by molar-refractivity contribution is -0.140. The van der Waals surface area contributed by atoms with Crippen LogP contribution < -0.4 is 0 Å². The van der Waals surface area contributed by atoms with Gasteiger partial charge in [0.15, 0.2) is 0 Å². The van der Waals surface area contributed by atoms with Gasteiger partial charge in [0, 0.05) is 30.1 Å². The molecule has 136 valence electrons. The molecular formula is C19H20FN3O2S. The Balaban J connectivity index is 1.56. The number of hydrogen-bond acceptors (Lipinski definition) is 4. The van der Waals surface area contributed by atoms with Crippen molar-refractivity contribution in [1.29, 1.82) is 0 Å². The first kappa shape index (κ1) is 17.1. The van der Waals surface area contributed by atoms with Gasteiger partial charge in [0.05, 0.1) is 23.7 Å². The summed E-state index contributed by atoms with van der Waals surface area (Å²) in [5, 5.41) is 1.95. The van der Waals surface area contributed by atoms with E-state index in [0.29, 0.717) is 30.8 Å². The summed E-state index contributed by atoms with van der Waals surface area (Å²) in [5.74, 6) is -0.506. The second-order valence-corrected chi connectivity index (χ2v) is 7.77. The third kappa shape index (κ3) is 3.11. The molecule has 0 spiro atoms. The average Bonchev–Trinajstić information content (AvgIpc) is 3.00. The van der Waals surface area contributed by atoms with Crippen molar-refractivity contribution >= 4 is 23.2 Å². The molecular weight excluding hydrogens is 353 g/mol. The molecule has 5 nitrogen and oxygen atoms in total. The maximum absolute atomic E-state index is 13.5. The average molecular weight is 373 g/mol. The number of thiazole rings is 1. The molecule has 0 radical (unpaired) electrons. The van der Waals surface area contributed by atoms with Crippen LogP contribution in [0.2, 0.25) is 0 Å². The number of amides is 2. The fourth-order valence-corrected chi connectivity index (χ4v) is 4.41. The van der Waals surface area contributed by atoms with Crippen LogP contribution in [0.4, 0.5) is 4.39 Å². The zero-order valence-corrected chi connectivity index (χ0v) is 15.3. The molecule has 2 bridgehead atoms. The second kappa shape index (κ2) is 6.79. The summed E-state index contributed by atoms with van der Waals surface area (Å²) < 4.78 is 13.5. The lowest BCUT2D eigenvalue weighted by Gasteiger charge is -2.35. The van der Waals surface area contributed by atoms with Crippen LogP contribution >= 0.6 is 11.3 Å². The lowest BCUT2D eigenvalue weighted by atomic mass is 9.94. The molecule has 3 fully saturated rings. The highest BCUT2D eigenvalue weighted by atomic mass is 32.1. The van der Waals surface area contributed by atoms with Gasteiger partial charge in [-0.25, -0.2) is 9.37 Å². The van der Waals surface area contributed by atoms with Crippen molar-refractivity contribution < 1.29 is 14.0 Å². The maximum atomic E-state index is 13.5. The summed E-state index contributed by atoms with van der Waals surface area (Å²) in [6.07, 6.45) is 1.70. The van der Waals surface area contributed by atoms with E-state index >= 15 is 0 Å². The Bertz CT molecular complexity index is 839. The molecule has 5 rings (SSSR count). The molecule has 2 amide bonds. The quantitative estimate of drug-likeness (QED) is 0.831. The van der Waals surface area contributed by atoms with Gasteiger partial charge in [-0.15, -0.1) is 11.3 Å². The van der Waals surface area contributed by atoms with E-state index in [1.54, 1.807) is 23.4 Å². The largest absolute Gasteiger partial charge is 0.336 e. The minimum atomic E-state index is -0.317. The van der Waals surface area contributed by atoms with Gasteiger partial charge in [0.1, 0.15) is 5.82 Å². The van der Waals surface area contributed by atoms with Crippen molar-refractivity contribution in [3.63, 3.8) is 0 Å². The van der Waals surface area contributed by atoms with Crippen molar-refractivity contribution in [3.05, 3.63) is 51.7 Å². The molecule has 3 aliphatic heterocycles. The molecule has 3 aliphatic rings. The molecule has 1 aromatic heterocycles. The Kier molecular flexibility index (Phi) is 4.48. The molecule has 3 saturated heterocycles. The first-order chi connectivity index (χ1) is 12.5. The zero-order chi connectivity index (χ0) is 18.3. The normalized spacial score (nSPS) is 22.6. The van der Waals surface area contributed by atoms with Crippen LogP contribution in [-0.4, -0.2) is 45.7 Å². The summed E-state index contributed by atoms with van der Waals surface area (Å²) in [6.45, 7) is 3.10. The second-order valence-electron chi connectivity index (χ2n) is 7.05. The van der Waals surface area contributed by atoms with E-state index in [1.165, 1.54) is 23.5 Å². The monoisotopic (exact) mass is 373 g/mol. The van der Waals surface area contributed by atoms with Crippen LogP contribution in [0, 0.1) is 18.7 Å². The molecule has 0 saturated carbocycles. The van der Waals surface area contributed by atoms with E-state index in [4.69, 9.17) is 0 Å². The highest BCUT2D eigenvalue weighted by Crippen LogP contribution is 2.31. The summed E-state index contributed by atoms with van der Waals surface area (Å²) >= 11 is 1.52. The Morgan fingerprint density at radius 2 is 2.19 bits per heavy atom. The Morgan fingerprint density at radius 3 is 2.92 bits per heavy atom. The van der Waals surface area contributed by atoms with Gasteiger partial charge >= 0.3 is 0 Å². The van der Waals surface area contributed by atoms with Crippen molar-refractivity contribution in [3.8, 4) is 0 Å². The number of aromatic nitrogens is 1. The first-order valence-corrected chi connectivity index (χ1v) is 9.70. The molecule has 2 atom stereocenters. The predicted molar refractivity (Wildman–Crippen MR) is 96.2 cm³/mol. The Hall–Kier alpha value is -2.28. The highest BCUT2D eigenvalue weighted by Gasteiger charge is 2.42. The highest BCUT2D eigenvalue weighted by molar-refractivity contribution is 7.07. The van der Waals surface area contributed by atoms with Gasteiger partial charge in [-0.3, -0.25) is 9.59 Å². The molecule has 4 heterocycles. The van der Waals surface area contributed by atoms with Crippen LogP contribution in [0.25, 0.3) is 0 Å². The van der Waals surface area contributed by atoms with E-state index in [2.05, 4.69) is 4.98 Å².